The first-order chi connectivity index (χ1) is 13.7. The standard InChI is InChI=1S/C20H20F3NO4S/c21-20(22,23)16-7-4-8-17(13-16)28-14-19(25)24-10-9-18(29(26,27)12-11-24)15-5-2-1-3-6-15/h1-8,13,18H,9-12,14H2. The summed E-state index contributed by atoms with van der Waals surface area (Å²) in [5.41, 5.74) is -0.184. The van der Waals surface area contributed by atoms with Gasteiger partial charge in [0.25, 0.3) is 5.91 Å². The number of hydrogen-bond acceptors (Lipinski definition) is 4. The van der Waals surface area contributed by atoms with E-state index >= 15 is 0 Å². The number of benzene rings is 2. The molecule has 3 rings (SSSR count). The third-order valence-electron chi connectivity index (χ3n) is 4.79. The zero-order valence-electron chi connectivity index (χ0n) is 15.4. The molecule has 1 atom stereocenters. The molecule has 0 aromatic heterocycles. The van der Waals surface area contributed by atoms with Gasteiger partial charge >= 0.3 is 6.18 Å². The van der Waals surface area contributed by atoms with E-state index in [-0.39, 0.29) is 31.0 Å². The summed E-state index contributed by atoms with van der Waals surface area (Å²) in [6, 6.07) is 13.1. The minimum atomic E-state index is -4.50. The van der Waals surface area contributed by atoms with E-state index in [4.69, 9.17) is 4.74 Å². The lowest BCUT2D eigenvalue weighted by Crippen LogP contribution is -2.37. The maximum atomic E-state index is 12.8. The van der Waals surface area contributed by atoms with Crippen molar-refractivity contribution in [3.63, 3.8) is 0 Å². The van der Waals surface area contributed by atoms with Crippen LogP contribution in [-0.2, 0) is 20.8 Å². The lowest BCUT2D eigenvalue weighted by Gasteiger charge is -2.20. The van der Waals surface area contributed by atoms with E-state index in [2.05, 4.69) is 0 Å². The lowest BCUT2D eigenvalue weighted by molar-refractivity contribution is -0.137. The van der Waals surface area contributed by atoms with Crippen molar-refractivity contribution in [1.82, 2.24) is 4.90 Å². The molecule has 0 saturated carbocycles. The number of sulfone groups is 1. The van der Waals surface area contributed by atoms with Gasteiger partial charge in [-0.25, -0.2) is 8.42 Å². The van der Waals surface area contributed by atoms with Crippen LogP contribution in [0.4, 0.5) is 13.2 Å². The molecule has 2 aromatic carbocycles. The van der Waals surface area contributed by atoms with E-state index in [0.717, 1.165) is 12.1 Å². The van der Waals surface area contributed by atoms with Crippen LogP contribution in [0.5, 0.6) is 5.75 Å². The van der Waals surface area contributed by atoms with Crippen molar-refractivity contribution in [2.75, 3.05) is 25.4 Å². The molecule has 1 saturated heterocycles. The third-order valence-corrected chi connectivity index (χ3v) is 6.91. The van der Waals surface area contributed by atoms with Gasteiger partial charge in [0, 0.05) is 13.1 Å². The predicted molar refractivity (Wildman–Crippen MR) is 101 cm³/mol. The fourth-order valence-corrected chi connectivity index (χ4v) is 5.03. The van der Waals surface area contributed by atoms with Gasteiger partial charge in [-0.05, 0) is 30.2 Å². The molecule has 0 bridgehead atoms. The molecule has 0 N–H and O–H groups in total. The van der Waals surface area contributed by atoms with Crippen LogP contribution in [0.3, 0.4) is 0 Å². The Bertz CT molecular complexity index is 961. The van der Waals surface area contributed by atoms with Crippen LogP contribution in [0.25, 0.3) is 0 Å². The van der Waals surface area contributed by atoms with Crippen molar-refractivity contribution in [3.05, 3.63) is 65.7 Å². The molecule has 29 heavy (non-hydrogen) atoms. The Hall–Kier alpha value is -2.55. The van der Waals surface area contributed by atoms with Gasteiger partial charge < -0.3 is 9.64 Å². The number of amides is 1. The molecule has 1 heterocycles. The normalized spacial score (nSPS) is 19.4. The number of carbonyl (C=O) groups is 1. The van der Waals surface area contributed by atoms with Crippen molar-refractivity contribution < 1.29 is 31.1 Å². The quantitative estimate of drug-likeness (QED) is 0.750. The highest BCUT2D eigenvalue weighted by Crippen LogP contribution is 2.32. The zero-order valence-corrected chi connectivity index (χ0v) is 16.2. The summed E-state index contributed by atoms with van der Waals surface area (Å²) >= 11 is 0. The predicted octanol–water partition coefficient (Wildman–Crippen LogP) is 3.47. The van der Waals surface area contributed by atoms with Gasteiger partial charge in [0.05, 0.1) is 16.6 Å². The summed E-state index contributed by atoms with van der Waals surface area (Å²) in [5.74, 6) is -0.717. The van der Waals surface area contributed by atoms with Gasteiger partial charge in [0.1, 0.15) is 5.75 Å². The number of rotatable bonds is 4. The van der Waals surface area contributed by atoms with Crippen molar-refractivity contribution in [2.45, 2.75) is 17.8 Å². The fourth-order valence-electron chi connectivity index (χ4n) is 3.23. The summed E-state index contributed by atoms with van der Waals surface area (Å²) in [4.78, 5) is 13.8. The molecule has 0 spiro atoms. The van der Waals surface area contributed by atoms with Gasteiger partial charge in [-0.2, -0.15) is 13.2 Å². The van der Waals surface area contributed by atoms with Crippen LogP contribution >= 0.6 is 0 Å². The van der Waals surface area contributed by atoms with E-state index in [0.29, 0.717) is 5.56 Å². The molecular formula is C20H20F3NO4S. The smallest absolute Gasteiger partial charge is 0.416 e. The molecule has 1 aliphatic heterocycles. The number of halogens is 3. The van der Waals surface area contributed by atoms with Crippen LogP contribution in [0.1, 0.15) is 22.8 Å². The summed E-state index contributed by atoms with van der Waals surface area (Å²) in [6.07, 6.45) is -4.25. The molecule has 0 aliphatic carbocycles. The van der Waals surface area contributed by atoms with E-state index in [1.54, 1.807) is 30.3 Å². The topological polar surface area (TPSA) is 63.7 Å². The van der Waals surface area contributed by atoms with Gasteiger partial charge in [-0.3, -0.25) is 4.79 Å². The van der Waals surface area contributed by atoms with Crippen LogP contribution in [-0.4, -0.2) is 44.7 Å². The number of ether oxygens (including phenoxy) is 1. The van der Waals surface area contributed by atoms with Gasteiger partial charge in [0.15, 0.2) is 16.4 Å². The summed E-state index contributed by atoms with van der Waals surface area (Å²) in [6.45, 7) is -0.211. The van der Waals surface area contributed by atoms with Crippen molar-refractivity contribution in [2.24, 2.45) is 0 Å². The highest BCUT2D eigenvalue weighted by atomic mass is 32.2. The Morgan fingerprint density at radius 2 is 1.79 bits per heavy atom. The fraction of sp³-hybridized carbons (Fsp3) is 0.350. The molecule has 1 amide bonds. The molecule has 2 aromatic rings. The second kappa shape index (κ2) is 8.44. The second-order valence-corrected chi connectivity index (χ2v) is 9.05. The highest BCUT2D eigenvalue weighted by molar-refractivity contribution is 7.91. The molecule has 1 aliphatic rings. The van der Waals surface area contributed by atoms with E-state index < -0.39 is 39.3 Å². The van der Waals surface area contributed by atoms with Gasteiger partial charge in [-0.15, -0.1) is 0 Å². The summed E-state index contributed by atoms with van der Waals surface area (Å²) < 4.78 is 68.7. The molecule has 156 valence electrons. The van der Waals surface area contributed by atoms with Crippen molar-refractivity contribution in [3.8, 4) is 5.75 Å². The maximum absolute atomic E-state index is 12.8. The van der Waals surface area contributed by atoms with Gasteiger partial charge in [0.2, 0.25) is 0 Å². The minimum absolute atomic E-state index is 0.0243. The molecule has 1 fully saturated rings. The third kappa shape index (κ3) is 5.29. The number of nitrogens with zero attached hydrogens (tertiary/aromatic N) is 1. The first-order valence-corrected chi connectivity index (χ1v) is 10.7. The first kappa shape index (κ1) is 21.2. The van der Waals surface area contributed by atoms with Crippen molar-refractivity contribution >= 4 is 15.7 Å². The van der Waals surface area contributed by atoms with Gasteiger partial charge in [-0.1, -0.05) is 36.4 Å². The number of hydrogen-bond donors (Lipinski definition) is 0. The van der Waals surface area contributed by atoms with E-state index in [1.165, 1.54) is 17.0 Å². The Morgan fingerprint density at radius 1 is 1.07 bits per heavy atom. The van der Waals surface area contributed by atoms with Crippen LogP contribution < -0.4 is 4.74 Å². The Morgan fingerprint density at radius 3 is 2.48 bits per heavy atom. The number of carbonyl (C=O) groups excluding carboxylic acids is 1. The SMILES string of the molecule is O=C(COc1cccc(C(F)(F)F)c1)N1CCC(c2ccccc2)S(=O)(=O)CC1. The zero-order chi connectivity index (χ0) is 21.1. The Balaban J connectivity index is 1.64. The second-order valence-electron chi connectivity index (χ2n) is 6.75. The van der Waals surface area contributed by atoms with Crippen molar-refractivity contribution in [1.29, 1.82) is 0 Å². The average Bonchev–Trinajstić information content (AvgIpc) is 2.84. The Kier molecular flexibility index (Phi) is 6.16. The monoisotopic (exact) mass is 427 g/mol. The molecule has 5 nitrogen and oxygen atoms in total. The number of alkyl halides is 3. The lowest BCUT2D eigenvalue weighted by atomic mass is 10.1. The van der Waals surface area contributed by atoms with Crippen LogP contribution in [0, 0.1) is 0 Å². The molecule has 1 unspecified atom stereocenters. The summed E-state index contributed by atoms with van der Waals surface area (Å²) in [5, 5.41) is -0.689. The maximum Gasteiger partial charge on any atom is 0.416 e. The largest absolute Gasteiger partial charge is 0.484 e. The molecule has 0 radical (unpaired) electrons. The molecular weight excluding hydrogens is 407 g/mol. The van der Waals surface area contributed by atoms with E-state index in [9.17, 15) is 26.4 Å². The minimum Gasteiger partial charge on any atom is -0.484 e. The molecule has 9 heteroatoms. The van der Waals surface area contributed by atoms with Crippen LogP contribution in [0.2, 0.25) is 0 Å². The Labute approximate surface area is 167 Å². The first-order valence-electron chi connectivity index (χ1n) is 9.01. The highest BCUT2D eigenvalue weighted by Gasteiger charge is 2.33. The summed E-state index contributed by atoms with van der Waals surface area (Å²) in [7, 11) is -3.43. The van der Waals surface area contributed by atoms with Crippen LogP contribution in [0.15, 0.2) is 54.6 Å². The average molecular weight is 427 g/mol. The van der Waals surface area contributed by atoms with E-state index in [1.807, 2.05) is 0 Å².